The maximum atomic E-state index is 12.2. The fourth-order valence-corrected chi connectivity index (χ4v) is 3.92. The number of hydrogen-bond acceptors (Lipinski definition) is 3. The average molecular weight is 294 g/mol. The maximum absolute atomic E-state index is 12.2. The molecule has 3 N–H and O–H groups in total. The molecule has 20 heavy (non-hydrogen) atoms. The summed E-state index contributed by atoms with van der Waals surface area (Å²) in [6.07, 6.45) is 4.71. The largest absolute Gasteiger partial charge is 0.326 e. The molecule has 5 nitrogen and oxygen atoms in total. The van der Waals surface area contributed by atoms with Crippen LogP contribution in [-0.4, -0.2) is 14.3 Å². The zero-order valence-electron chi connectivity index (χ0n) is 11.1. The number of sulfonamides is 1. The van der Waals surface area contributed by atoms with E-state index in [0.29, 0.717) is 17.5 Å². The van der Waals surface area contributed by atoms with Gasteiger partial charge in [0.1, 0.15) is 0 Å². The number of hydrogen-bond donors (Lipinski definition) is 2. The molecule has 1 aromatic carbocycles. The first-order valence-electron chi connectivity index (χ1n) is 6.90. The molecule has 0 aromatic heterocycles. The van der Waals surface area contributed by atoms with Gasteiger partial charge in [0.15, 0.2) is 0 Å². The minimum atomic E-state index is -3.74. The molecular weight excluding hydrogens is 276 g/mol. The molecule has 6 heteroatoms. The lowest BCUT2D eigenvalue weighted by atomic mass is 10.0. The van der Waals surface area contributed by atoms with Gasteiger partial charge in [0.25, 0.3) is 0 Å². The molecule has 0 heterocycles. The molecule has 0 aliphatic heterocycles. The van der Waals surface area contributed by atoms with Crippen molar-refractivity contribution in [2.45, 2.75) is 30.6 Å². The Morgan fingerprint density at radius 3 is 2.45 bits per heavy atom. The zero-order valence-corrected chi connectivity index (χ0v) is 11.9. The van der Waals surface area contributed by atoms with E-state index in [1.165, 1.54) is 25.0 Å². The highest BCUT2D eigenvalue weighted by Crippen LogP contribution is 2.55. The van der Waals surface area contributed by atoms with E-state index in [1.807, 2.05) is 0 Å². The van der Waals surface area contributed by atoms with Gasteiger partial charge in [-0.2, -0.15) is 0 Å². The first-order chi connectivity index (χ1) is 9.47. The van der Waals surface area contributed by atoms with Crippen molar-refractivity contribution in [3.63, 3.8) is 0 Å². The van der Waals surface area contributed by atoms with Gasteiger partial charge in [0.05, 0.1) is 4.90 Å². The predicted octanol–water partition coefficient (Wildman–Crippen LogP) is 1.71. The second-order valence-corrected chi connectivity index (χ2v) is 7.26. The number of nitrogens with two attached hydrogens (primary N) is 1. The number of primary sulfonamides is 1. The third-order valence-electron chi connectivity index (χ3n) is 4.39. The number of nitrogens with one attached hydrogen (secondary N) is 1. The van der Waals surface area contributed by atoms with E-state index < -0.39 is 10.0 Å². The Hall–Kier alpha value is -1.40. The van der Waals surface area contributed by atoms with Crippen molar-refractivity contribution in [3.05, 3.63) is 24.3 Å². The van der Waals surface area contributed by atoms with Crippen LogP contribution >= 0.6 is 0 Å². The van der Waals surface area contributed by atoms with Crippen LogP contribution in [0.5, 0.6) is 0 Å². The lowest BCUT2D eigenvalue weighted by Gasteiger charge is -2.06. The molecule has 0 radical (unpaired) electrons. The topological polar surface area (TPSA) is 89.3 Å². The summed E-state index contributed by atoms with van der Waals surface area (Å²) in [5.41, 5.74) is 0.491. The highest BCUT2D eigenvalue weighted by Gasteiger charge is 2.54. The molecule has 1 aromatic rings. The van der Waals surface area contributed by atoms with Gasteiger partial charge in [-0.3, -0.25) is 4.79 Å². The van der Waals surface area contributed by atoms with Crippen LogP contribution in [-0.2, 0) is 14.8 Å². The number of amides is 1. The lowest BCUT2D eigenvalue weighted by Crippen LogP contribution is -2.17. The molecule has 3 rings (SSSR count). The molecule has 0 spiro atoms. The van der Waals surface area contributed by atoms with E-state index >= 15 is 0 Å². The summed E-state index contributed by atoms with van der Waals surface area (Å²) in [7, 11) is -3.74. The molecule has 0 saturated heterocycles. The fourth-order valence-electron chi connectivity index (χ4n) is 3.36. The van der Waals surface area contributed by atoms with Gasteiger partial charge in [-0.25, -0.2) is 13.6 Å². The Morgan fingerprint density at radius 2 is 1.85 bits per heavy atom. The zero-order chi connectivity index (χ0) is 14.3. The summed E-state index contributed by atoms with van der Waals surface area (Å²) >= 11 is 0. The summed E-state index contributed by atoms with van der Waals surface area (Å²) in [4.78, 5) is 12.2. The van der Waals surface area contributed by atoms with Crippen molar-refractivity contribution in [2.24, 2.45) is 22.9 Å². The van der Waals surface area contributed by atoms with Crippen LogP contribution < -0.4 is 10.5 Å². The Labute approximate surface area is 118 Å². The summed E-state index contributed by atoms with van der Waals surface area (Å²) in [5.74, 6) is 1.18. The Kier molecular flexibility index (Phi) is 3.30. The molecule has 1 amide bonds. The molecule has 0 bridgehead atoms. The number of carbonyl (C=O) groups is 1. The van der Waals surface area contributed by atoms with Crippen LogP contribution in [0.4, 0.5) is 5.69 Å². The number of rotatable bonds is 3. The number of fused-ring (bicyclic) bond motifs is 1. The van der Waals surface area contributed by atoms with Crippen molar-refractivity contribution >= 4 is 21.6 Å². The van der Waals surface area contributed by atoms with Gasteiger partial charge in [0.2, 0.25) is 15.9 Å². The summed E-state index contributed by atoms with van der Waals surface area (Å²) in [5, 5.41) is 7.90. The highest BCUT2D eigenvalue weighted by molar-refractivity contribution is 7.89. The third-order valence-corrected chi connectivity index (χ3v) is 5.30. The van der Waals surface area contributed by atoms with E-state index in [-0.39, 0.29) is 16.7 Å². The molecule has 108 valence electrons. The minimum absolute atomic E-state index is 0.00784. The van der Waals surface area contributed by atoms with Gasteiger partial charge in [0, 0.05) is 11.6 Å². The van der Waals surface area contributed by atoms with Crippen molar-refractivity contribution in [1.29, 1.82) is 0 Å². The summed E-state index contributed by atoms with van der Waals surface area (Å²) < 4.78 is 22.6. The standard InChI is InChI=1S/C14H18N2O3S/c15-20(18,19)10-5-3-4-9(8-10)16-14(17)13-11-6-1-2-7-12(11)13/h3-5,8,11-13H,1-2,6-7H2,(H,16,17)(H2,15,18,19). The van der Waals surface area contributed by atoms with Crippen LogP contribution in [0, 0.1) is 17.8 Å². The SMILES string of the molecule is NS(=O)(=O)c1cccc(NC(=O)C2C3CCCCC32)c1. The monoisotopic (exact) mass is 294 g/mol. The fraction of sp³-hybridized carbons (Fsp3) is 0.500. The van der Waals surface area contributed by atoms with Gasteiger partial charge < -0.3 is 5.32 Å². The second kappa shape index (κ2) is 4.86. The molecule has 2 saturated carbocycles. The number of benzene rings is 1. The molecular formula is C14H18N2O3S. The molecule has 2 aliphatic rings. The van der Waals surface area contributed by atoms with Gasteiger partial charge >= 0.3 is 0 Å². The Morgan fingerprint density at radius 1 is 1.20 bits per heavy atom. The molecule has 2 atom stereocenters. The van der Waals surface area contributed by atoms with Crippen molar-refractivity contribution in [1.82, 2.24) is 0 Å². The van der Waals surface area contributed by atoms with Crippen LogP contribution in [0.25, 0.3) is 0 Å². The quantitative estimate of drug-likeness (QED) is 0.889. The summed E-state index contributed by atoms with van der Waals surface area (Å²) in [6, 6.07) is 6.08. The van der Waals surface area contributed by atoms with E-state index in [4.69, 9.17) is 5.14 Å². The van der Waals surface area contributed by atoms with Crippen molar-refractivity contribution in [2.75, 3.05) is 5.32 Å². The first-order valence-corrected chi connectivity index (χ1v) is 8.45. The second-order valence-electron chi connectivity index (χ2n) is 5.70. The molecule has 2 fully saturated rings. The van der Waals surface area contributed by atoms with Crippen LogP contribution in [0.15, 0.2) is 29.2 Å². The van der Waals surface area contributed by atoms with Crippen LogP contribution in [0.1, 0.15) is 25.7 Å². The third kappa shape index (κ3) is 2.58. The van der Waals surface area contributed by atoms with E-state index in [9.17, 15) is 13.2 Å². The molecule has 2 unspecified atom stereocenters. The van der Waals surface area contributed by atoms with Gasteiger partial charge in [-0.1, -0.05) is 18.9 Å². The van der Waals surface area contributed by atoms with Crippen molar-refractivity contribution < 1.29 is 13.2 Å². The first kappa shape index (κ1) is 13.6. The number of carbonyl (C=O) groups excluding carboxylic acids is 1. The Balaban J connectivity index is 1.71. The Bertz CT molecular complexity index is 630. The normalized spacial score (nSPS) is 28.6. The number of anilines is 1. The van der Waals surface area contributed by atoms with Crippen molar-refractivity contribution in [3.8, 4) is 0 Å². The predicted molar refractivity (Wildman–Crippen MR) is 75.4 cm³/mol. The van der Waals surface area contributed by atoms with Crippen LogP contribution in [0.2, 0.25) is 0 Å². The van der Waals surface area contributed by atoms with E-state index in [1.54, 1.807) is 12.1 Å². The van der Waals surface area contributed by atoms with E-state index in [2.05, 4.69) is 5.32 Å². The van der Waals surface area contributed by atoms with Gasteiger partial charge in [-0.05, 0) is 42.9 Å². The van der Waals surface area contributed by atoms with Gasteiger partial charge in [-0.15, -0.1) is 0 Å². The smallest absolute Gasteiger partial charge is 0.238 e. The van der Waals surface area contributed by atoms with Crippen LogP contribution in [0.3, 0.4) is 0 Å². The minimum Gasteiger partial charge on any atom is -0.326 e. The van der Waals surface area contributed by atoms with E-state index in [0.717, 1.165) is 12.8 Å². The lowest BCUT2D eigenvalue weighted by molar-refractivity contribution is -0.117. The highest BCUT2D eigenvalue weighted by atomic mass is 32.2. The summed E-state index contributed by atoms with van der Waals surface area (Å²) in [6.45, 7) is 0. The molecule has 2 aliphatic carbocycles. The maximum Gasteiger partial charge on any atom is 0.238 e. The average Bonchev–Trinajstić information content (AvgIpc) is 3.12.